The van der Waals surface area contributed by atoms with Gasteiger partial charge in [-0.15, -0.1) is 0 Å². The van der Waals surface area contributed by atoms with Crippen LogP contribution in [0, 0.1) is 5.92 Å². The van der Waals surface area contributed by atoms with Crippen LogP contribution in [-0.2, 0) is 9.59 Å². The summed E-state index contributed by atoms with van der Waals surface area (Å²) in [4.78, 5) is 21.4. The second-order valence-electron chi connectivity index (χ2n) is 2.90. The lowest BCUT2D eigenvalue weighted by Crippen LogP contribution is -2.29. The minimum atomic E-state index is -0.181. The van der Waals surface area contributed by atoms with Crippen LogP contribution in [-0.4, -0.2) is 18.4 Å². The summed E-state index contributed by atoms with van der Waals surface area (Å²) in [5, 5.41) is 2.63. The van der Waals surface area contributed by atoms with Crippen molar-refractivity contribution < 1.29 is 9.59 Å². The van der Waals surface area contributed by atoms with Crippen molar-refractivity contribution in [2.24, 2.45) is 5.92 Å². The number of amides is 1. The minimum absolute atomic E-state index is 0.0837. The fourth-order valence-electron chi connectivity index (χ4n) is 0.980. The molecule has 13 heavy (non-hydrogen) atoms. The van der Waals surface area contributed by atoms with Crippen molar-refractivity contribution in [1.82, 2.24) is 5.32 Å². The van der Waals surface area contributed by atoms with Crippen LogP contribution in [0.15, 0.2) is 29.9 Å². The van der Waals surface area contributed by atoms with Gasteiger partial charge in [0, 0.05) is 12.1 Å². The number of rotatable bonds is 3. The van der Waals surface area contributed by atoms with Crippen LogP contribution in [0.4, 0.5) is 0 Å². The molecule has 1 N–H and O–H groups in total. The van der Waals surface area contributed by atoms with E-state index in [0.717, 1.165) is 0 Å². The van der Waals surface area contributed by atoms with Gasteiger partial charge in [0.1, 0.15) is 5.94 Å². The molecule has 1 aliphatic carbocycles. The molecule has 0 radical (unpaired) electrons. The molecule has 1 aliphatic rings. The first kappa shape index (κ1) is 9.49. The summed E-state index contributed by atoms with van der Waals surface area (Å²) in [6, 6.07) is 0. The number of hydrogen-bond donors (Lipinski definition) is 1. The smallest absolute Gasteiger partial charge is 0.231 e. The zero-order valence-electron chi connectivity index (χ0n) is 7.41. The molecule has 0 atom stereocenters. The average molecular weight is 177 g/mol. The molecule has 0 aromatic rings. The second kappa shape index (κ2) is 4.43. The highest BCUT2D eigenvalue weighted by Crippen LogP contribution is 2.08. The summed E-state index contributed by atoms with van der Waals surface area (Å²) in [7, 11) is 0. The Labute approximate surface area is 76.8 Å². The highest BCUT2D eigenvalue weighted by Gasteiger charge is 2.13. The van der Waals surface area contributed by atoms with Gasteiger partial charge >= 0.3 is 0 Å². The third kappa shape index (κ3) is 2.73. The Morgan fingerprint density at radius 2 is 2.08 bits per heavy atom. The topological polar surface area (TPSA) is 46.2 Å². The highest BCUT2D eigenvalue weighted by molar-refractivity contribution is 5.83. The zero-order chi connectivity index (χ0) is 9.68. The molecule has 0 spiro atoms. The van der Waals surface area contributed by atoms with E-state index in [-0.39, 0.29) is 18.4 Å². The molecule has 0 bridgehead atoms. The molecule has 0 unspecified atom stereocenters. The Balaban J connectivity index is 2.38. The van der Waals surface area contributed by atoms with Crippen molar-refractivity contribution in [3.05, 3.63) is 29.9 Å². The van der Waals surface area contributed by atoms with Gasteiger partial charge in [-0.2, -0.15) is 0 Å². The maximum absolute atomic E-state index is 11.3. The van der Waals surface area contributed by atoms with Gasteiger partial charge in [0.25, 0.3) is 0 Å². The molecule has 1 amide bonds. The SMILES string of the molecule is CC(=C=O)CNC(=O)C1C=CC=C1. The monoisotopic (exact) mass is 177 g/mol. The van der Waals surface area contributed by atoms with Crippen LogP contribution < -0.4 is 5.32 Å². The quantitative estimate of drug-likeness (QED) is 0.642. The molecule has 0 aliphatic heterocycles. The Morgan fingerprint density at radius 1 is 1.46 bits per heavy atom. The van der Waals surface area contributed by atoms with E-state index in [0.29, 0.717) is 5.57 Å². The van der Waals surface area contributed by atoms with Crippen LogP contribution in [0.5, 0.6) is 0 Å². The standard InChI is InChI=1S/C10H11NO2/c1-8(7-12)6-11-10(13)9-4-2-3-5-9/h2-5,9H,6H2,1H3,(H,11,13). The Hall–Kier alpha value is -1.60. The van der Waals surface area contributed by atoms with E-state index in [1.807, 2.05) is 12.2 Å². The van der Waals surface area contributed by atoms with E-state index < -0.39 is 0 Å². The van der Waals surface area contributed by atoms with Crippen LogP contribution in [0.3, 0.4) is 0 Å². The third-order valence-corrected chi connectivity index (χ3v) is 1.75. The molecular formula is C10H11NO2. The van der Waals surface area contributed by atoms with Crippen LogP contribution in [0.25, 0.3) is 0 Å². The van der Waals surface area contributed by atoms with Crippen LogP contribution in [0.1, 0.15) is 6.92 Å². The van der Waals surface area contributed by atoms with Gasteiger partial charge in [-0.3, -0.25) is 4.79 Å². The summed E-state index contributed by atoms with van der Waals surface area (Å²) in [5.41, 5.74) is 0.499. The highest BCUT2D eigenvalue weighted by atomic mass is 16.1. The van der Waals surface area contributed by atoms with E-state index in [2.05, 4.69) is 5.32 Å². The van der Waals surface area contributed by atoms with Crippen molar-refractivity contribution in [2.75, 3.05) is 6.54 Å². The predicted octanol–water partition coefficient (Wildman–Crippen LogP) is 0.623. The molecule has 3 nitrogen and oxygen atoms in total. The summed E-state index contributed by atoms with van der Waals surface area (Å²) in [5.74, 6) is 1.46. The number of carbonyl (C=O) groups excluding carboxylic acids is 2. The normalized spacial score (nSPS) is 14.2. The van der Waals surface area contributed by atoms with Crippen molar-refractivity contribution in [2.45, 2.75) is 6.92 Å². The summed E-state index contributed by atoms with van der Waals surface area (Å²) in [6.07, 6.45) is 7.25. The molecule has 68 valence electrons. The number of allylic oxidation sites excluding steroid dienone is 2. The summed E-state index contributed by atoms with van der Waals surface area (Å²) >= 11 is 0. The fraction of sp³-hybridized carbons (Fsp3) is 0.300. The van der Waals surface area contributed by atoms with E-state index in [9.17, 15) is 9.59 Å². The van der Waals surface area contributed by atoms with Crippen molar-refractivity contribution in [3.63, 3.8) is 0 Å². The van der Waals surface area contributed by atoms with Gasteiger partial charge in [-0.05, 0) is 6.92 Å². The van der Waals surface area contributed by atoms with Crippen molar-refractivity contribution in [3.8, 4) is 0 Å². The van der Waals surface area contributed by atoms with Crippen LogP contribution in [0.2, 0.25) is 0 Å². The molecule has 0 fully saturated rings. The fourth-order valence-corrected chi connectivity index (χ4v) is 0.980. The maximum atomic E-state index is 11.3. The Bertz CT molecular complexity index is 297. The van der Waals surface area contributed by atoms with E-state index in [1.54, 1.807) is 25.0 Å². The van der Waals surface area contributed by atoms with Gasteiger partial charge < -0.3 is 5.32 Å². The third-order valence-electron chi connectivity index (χ3n) is 1.75. The number of carbonyl (C=O) groups is 1. The van der Waals surface area contributed by atoms with Gasteiger partial charge in [0.2, 0.25) is 5.91 Å². The first-order chi connectivity index (χ1) is 6.24. The molecule has 0 saturated heterocycles. The maximum Gasteiger partial charge on any atom is 0.231 e. The Kier molecular flexibility index (Phi) is 3.23. The van der Waals surface area contributed by atoms with Gasteiger partial charge in [-0.1, -0.05) is 24.3 Å². The number of hydrogen-bond acceptors (Lipinski definition) is 2. The average Bonchev–Trinajstić information content (AvgIpc) is 2.66. The predicted molar refractivity (Wildman–Crippen MR) is 49.7 cm³/mol. The number of nitrogens with one attached hydrogen (secondary N) is 1. The first-order valence-corrected chi connectivity index (χ1v) is 4.07. The first-order valence-electron chi connectivity index (χ1n) is 4.07. The molecule has 0 heterocycles. The van der Waals surface area contributed by atoms with Crippen molar-refractivity contribution in [1.29, 1.82) is 0 Å². The molecule has 0 aromatic heterocycles. The zero-order valence-corrected chi connectivity index (χ0v) is 7.41. The summed E-state index contributed by atoms with van der Waals surface area (Å²) < 4.78 is 0. The van der Waals surface area contributed by atoms with E-state index >= 15 is 0 Å². The van der Waals surface area contributed by atoms with Crippen LogP contribution >= 0.6 is 0 Å². The Morgan fingerprint density at radius 3 is 2.62 bits per heavy atom. The molecule has 0 aromatic carbocycles. The molecular weight excluding hydrogens is 166 g/mol. The lowest BCUT2D eigenvalue weighted by atomic mass is 10.1. The largest absolute Gasteiger partial charge is 0.351 e. The van der Waals surface area contributed by atoms with Gasteiger partial charge in [0.05, 0.1) is 5.92 Å². The molecule has 0 saturated carbocycles. The van der Waals surface area contributed by atoms with Gasteiger partial charge in [0.15, 0.2) is 0 Å². The second-order valence-corrected chi connectivity index (χ2v) is 2.90. The lowest BCUT2D eigenvalue weighted by Gasteiger charge is -2.05. The molecule has 1 rings (SSSR count). The van der Waals surface area contributed by atoms with E-state index in [4.69, 9.17) is 0 Å². The molecule has 3 heteroatoms. The minimum Gasteiger partial charge on any atom is -0.351 e. The summed E-state index contributed by atoms with van der Waals surface area (Å²) in [6.45, 7) is 1.91. The van der Waals surface area contributed by atoms with Gasteiger partial charge in [-0.25, -0.2) is 4.79 Å². The van der Waals surface area contributed by atoms with Crippen molar-refractivity contribution >= 4 is 11.8 Å². The lowest BCUT2D eigenvalue weighted by molar-refractivity contribution is -0.122. The van der Waals surface area contributed by atoms with E-state index in [1.165, 1.54) is 0 Å².